The van der Waals surface area contributed by atoms with Crippen LogP contribution in [0.15, 0.2) is 30.5 Å². The fraction of sp³-hybridized carbons (Fsp3) is 0.286. The Balaban J connectivity index is 1.92. The number of para-hydroxylation sites is 1. The molecule has 20 heavy (non-hydrogen) atoms. The van der Waals surface area contributed by atoms with Gasteiger partial charge in [-0.3, -0.25) is 4.68 Å². The van der Waals surface area contributed by atoms with Crippen LogP contribution in [-0.2, 0) is 13.1 Å². The van der Waals surface area contributed by atoms with Crippen molar-refractivity contribution in [3.05, 3.63) is 47.5 Å². The molecule has 0 radical (unpaired) electrons. The first-order chi connectivity index (χ1) is 9.60. The Labute approximate surface area is 123 Å². The third-order valence-electron chi connectivity index (χ3n) is 2.93. The minimum absolute atomic E-state index is 0.327. The Hall–Kier alpha value is -1.95. The second-order valence-electron chi connectivity index (χ2n) is 4.38. The molecule has 2 N–H and O–H groups in total. The molecule has 0 aliphatic rings. The summed E-state index contributed by atoms with van der Waals surface area (Å²) in [4.78, 5) is 0. The van der Waals surface area contributed by atoms with E-state index in [9.17, 15) is 4.39 Å². The molecule has 0 amide bonds. The number of anilines is 1. The molecule has 6 heteroatoms. The van der Waals surface area contributed by atoms with E-state index in [0.717, 1.165) is 17.8 Å². The van der Waals surface area contributed by atoms with Crippen LogP contribution >= 0.6 is 12.2 Å². The van der Waals surface area contributed by atoms with E-state index >= 15 is 0 Å². The molecule has 0 unspecified atom stereocenters. The monoisotopic (exact) mass is 292 g/mol. The normalized spacial score (nSPS) is 10.3. The smallest absolute Gasteiger partial charge is 0.171 e. The first-order valence-electron chi connectivity index (χ1n) is 6.42. The van der Waals surface area contributed by atoms with Crippen molar-refractivity contribution in [2.75, 3.05) is 5.32 Å². The number of aryl methyl sites for hydroxylation is 2. The largest absolute Gasteiger partial charge is 0.358 e. The van der Waals surface area contributed by atoms with E-state index in [0.29, 0.717) is 17.3 Å². The standard InChI is InChI=1S/C14H17FN4S/c1-3-19-9-11(10(2)18-19)8-16-14(20)17-13-7-5-4-6-12(13)15/h4-7,9H,3,8H2,1-2H3,(H2,16,17,20). The quantitative estimate of drug-likeness (QED) is 0.850. The summed E-state index contributed by atoms with van der Waals surface area (Å²) in [6.45, 7) is 5.38. The van der Waals surface area contributed by atoms with Crippen LogP contribution in [-0.4, -0.2) is 14.9 Å². The molecule has 0 aliphatic heterocycles. The van der Waals surface area contributed by atoms with Gasteiger partial charge in [0.2, 0.25) is 0 Å². The second kappa shape index (κ2) is 6.47. The first kappa shape index (κ1) is 14.5. The number of nitrogens with one attached hydrogen (secondary N) is 2. The van der Waals surface area contributed by atoms with Gasteiger partial charge in [0, 0.05) is 24.8 Å². The van der Waals surface area contributed by atoms with Gasteiger partial charge in [-0.05, 0) is 38.2 Å². The summed E-state index contributed by atoms with van der Waals surface area (Å²) in [5, 5.41) is 10.6. The molecular formula is C14H17FN4S. The Morgan fingerprint density at radius 1 is 1.40 bits per heavy atom. The van der Waals surface area contributed by atoms with Gasteiger partial charge >= 0.3 is 0 Å². The highest BCUT2D eigenvalue weighted by molar-refractivity contribution is 7.80. The molecule has 0 fully saturated rings. The molecule has 1 aromatic heterocycles. The summed E-state index contributed by atoms with van der Waals surface area (Å²) >= 11 is 5.16. The van der Waals surface area contributed by atoms with Crippen molar-refractivity contribution in [2.45, 2.75) is 26.9 Å². The van der Waals surface area contributed by atoms with Gasteiger partial charge in [-0.1, -0.05) is 12.1 Å². The third kappa shape index (κ3) is 3.54. The maximum atomic E-state index is 13.5. The van der Waals surface area contributed by atoms with Crippen molar-refractivity contribution < 1.29 is 4.39 Å². The lowest BCUT2D eigenvalue weighted by atomic mass is 10.2. The average molecular weight is 292 g/mol. The third-order valence-corrected chi connectivity index (χ3v) is 3.18. The number of aromatic nitrogens is 2. The van der Waals surface area contributed by atoms with Crippen molar-refractivity contribution in [3.63, 3.8) is 0 Å². The molecule has 4 nitrogen and oxygen atoms in total. The van der Waals surface area contributed by atoms with Crippen LogP contribution in [0.4, 0.5) is 10.1 Å². The van der Waals surface area contributed by atoms with Gasteiger partial charge in [0.1, 0.15) is 5.82 Å². The summed E-state index contributed by atoms with van der Waals surface area (Å²) in [6.07, 6.45) is 1.98. The zero-order valence-corrected chi connectivity index (χ0v) is 12.3. The summed E-state index contributed by atoms with van der Waals surface area (Å²) in [7, 11) is 0. The van der Waals surface area contributed by atoms with E-state index in [2.05, 4.69) is 15.7 Å². The van der Waals surface area contributed by atoms with Gasteiger partial charge < -0.3 is 10.6 Å². The summed E-state index contributed by atoms with van der Waals surface area (Å²) in [5.74, 6) is -0.327. The Kier molecular flexibility index (Phi) is 4.68. The van der Waals surface area contributed by atoms with Crippen molar-refractivity contribution in [2.24, 2.45) is 0 Å². The maximum absolute atomic E-state index is 13.5. The molecule has 0 atom stereocenters. The molecule has 0 saturated heterocycles. The highest BCUT2D eigenvalue weighted by Crippen LogP contribution is 2.12. The van der Waals surface area contributed by atoms with Crippen LogP contribution in [0.25, 0.3) is 0 Å². The highest BCUT2D eigenvalue weighted by Gasteiger charge is 2.06. The summed E-state index contributed by atoms with van der Waals surface area (Å²) in [5.41, 5.74) is 2.41. The second-order valence-corrected chi connectivity index (χ2v) is 4.79. The highest BCUT2D eigenvalue weighted by atomic mass is 32.1. The molecule has 2 aromatic rings. The number of benzene rings is 1. The van der Waals surface area contributed by atoms with Crippen LogP contribution in [0.2, 0.25) is 0 Å². The lowest BCUT2D eigenvalue weighted by Crippen LogP contribution is -2.28. The first-order valence-corrected chi connectivity index (χ1v) is 6.83. The topological polar surface area (TPSA) is 41.9 Å². The van der Waals surface area contributed by atoms with Crippen LogP contribution < -0.4 is 10.6 Å². The number of rotatable bonds is 4. The molecule has 106 valence electrons. The number of halogens is 1. The fourth-order valence-corrected chi connectivity index (χ4v) is 1.98. The van der Waals surface area contributed by atoms with Crippen LogP contribution in [0, 0.1) is 12.7 Å². The molecular weight excluding hydrogens is 275 g/mol. The zero-order valence-electron chi connectivity index (χ0n) is 11.5. The predicted octanol–water partition coefficient (Wildman–Crippen LogP) is 2.84. The number of hydrogen-bond donors (Lipinski definition) is 2. The van der Waals surface area contributed by atoms with Crippen molar-refractivity contribution in [1.29, 1.82) is 0 Å². The van der Waals surface area contributed by atoms with E-state index in [1.54, 1.807) is 18.2 Å². The van der Waals surface area contributed by atoms with Gasteiger partial charge in [-0.25, -0.2) is 4.39 Å². The van der Waals surface area contributed by atoms with E-state index in [4.69, 9.17) is 12.2 Å². The Morgan fingerprint density at radius 2 is 2.15 bits per heavy atom. The molecule has 1 aromatic carbocycles. The number of hydrogen-bond acceptors (Lipinski definition) is 2. The molecule has 0 spiro atoms. The van der Waals surface area contributed by atoms with Gasteiger partial charge in [-0.15, -0.1) is 0 Å². The van der Waals surface area contributed by atoms with E-state index in [1.807, 2.05) is 24.7 Å². The molecule has 1 heterocycles. The number of nitrogens with zero attached hydrogens (tertiary/aromatic N) is 2. The Bertz CT molecular complexity index is 609. The number of thiocarbonyl (C=S) groups is 1. The lowest BCUT2D eigenvalue weighted by molar-refractivity contribution is 0.632. The lowest BCUT2D eigenvalue weighted by Gasteiger charge is -2.10. The van der Waals surface area contributed by atoms with Crippen LogP contribution in [0.5, 0.6) is 0 Å². The SMILES string of the molecule is CCn1cc(CNC(=S)Nc2ccccc2F)c(C)n1. The van der Waals surface area contributed by atoms with Gasteiger partial charge in [0.05, 0.1) is 11.4 Å². The van der Waals surface area contributed by atoms with E-state index in [1.165, 1.54) is 6.07 Å². The van der Waals surface area contributed by atoms with E-state index < -0.39 is 0 Å². The minimum Gasteiger partial charge on any atom is -0.358 e. The van der Waals surface area contributed by atoms with Crippen molar-refractivity contribution in [1.82, 2.24) is 15.1 Å². The van der Waals surface area contributed by atoms with Crippen molar-refractivity contribution in [3.8, 4) is 0 Å². The van der Waals surface area contributed by atoms with Gasteiger partial charge in [0.15, 0.2) is 5.11 Å². The van der Waals surface area contributed by atoms with Gasteiger partial charge in [-0.2, -0.15) is 5.10 Å². The van der Waals surface area contributed by atoms with E-state index in [-0.39, 0.29) is 5.82 Å². The zero-order chi connectivity index (χ0) is 14.5. The van der Waals surface area contributed by atoms with Crippen molar-refractivity contribution >= 4 is 23.0 Å². The van der Waals surface area contributed by atoms with Crippen LogP contribution in [0.3, 0.4) is 0 Å². The molecule has 2 rings (SSSR count). The average Bonchev–Trinajstić information content (AvgIpc) is 2.80. The molecule has 0 bridgehead atoms. The fourth-order valence-electron chi connectivity index (χ4n) is 1.80. The Morgan fingerprint density at radius 3 is 2.80 bits per heavy atom. The maximum Gasteiger partial charge on any atom is 0.171 e. The molecule has 0 aliphatic carbocycles. The van der Waals surface area contributed by atoms with Gasteiger partial charge in [0.25, 0.3) is 0 Å². The predicted molar refractivity (Wildman–Crippen MR) is 82.1 cm³/mol. The molecule has 0 saturated carbocycles. The summed E-state index contributed by atoms with van der Waals surface area (Å²) < 4.78 is 15.3. The minimum atomic E-state index is -0.327. The van der Waals surface area contributed by atoms with Crippen LogP contribution in [0.1, 0.15) is 18.2 Å². The summed E-state index contributed by atoms with van der Waals surface area (Å²) in [6, 6.07) is 6.42.